The Kier molecular flexibility index (Phi) is 11.0. The van der Waals surface area contributed by atoms with Crippen molar-refractivity contribution in [3.63, 3.8) is 0 Å². The van der Waals surface area contributed by atoms with Gasteiger partial charge in [0.05, 0.1) is 27.6 Å². The molecule has 0 spiro atoms. The van der Waals surface area contributed by atoms with Crippen molar-refractivity contribution in [2.24, 2.45) is 5.73 Å². The van der Waals surface area contributed by atoms with Gasteiger partial charge in [0.25, 0.3) is 5.91 Å². The number of carboxylic acids is 1. The van der Waals surface area contributed by atoms with Gasteiger partial charge in [-0.25, -0.2) is 4.79 Å². The average molecular weight is 742 g/mol. The second-order valence-corrected chi connectivity index (χ2v) is 9.31. The van der Waals surface area contributed by atoms with Gasteiger partial charge < -0.3 is 26.8 Å². The van der Waals surface area contributed by atoms with E-state index in [-0.39, 0.29) is 23.8 Å². The summed E-state index contributed by atoms with van der Waals surface area (Å²) in [5.41, 5.74) is 6.38. The smallest absolute Gasteiger partial charge is 0.326 e. The summed E-state index contributed by atoms with van der Waals surface area (Å²) in [5.74, 6) is -2.43. The molecule has 1 aromatic rings. The van der Waals surface area contributed by atoms with Crippen LogP contribution in [0.2, 0.25) is 0 Å². The maximum atomic E-state index is 13.0. The van der Waals surface area contributed by atoms with E-state index in [1.165, 1.54) is 13.8 Å². The van der Waals surface area contributed by atoms with Crippen LogP contribution in [0.15, 0.2) is 0 Å². The molecule has 12 heteroatoms. The standard InChI is InChI=1S/C17H21I3N4O5/c1-7(25)22-14-11(18)10(12(19)15(13(14)20)23-8(2)26)16(27)24-9(17(28)29)5-3-4-6-21/h9H,3-6,21H2,1-2H3,(H,22,25)(H,23,26)(H,24,27)(H,28,29). The molecule has 0 radical (unpaired) electrons. The summed E-state index contributed by atoms with van der Waals surface area (Å²) in [5, 5.41) is 17.3. The Bertz CT molecular complexity index is 789. The van der Waals surface area contributed by atoms with E-state index in [1.807, 2.05) is 67.8 Å². The van der Waals surface area contributed by atoms with Gasteiger partial charge in [0, 0.05) is 13.8 Å². The van der Waals surface area contributed by atoms with E-state index in [2.05, 4.69) is 16.0 Å². The predicted molar refractivity (Wildman–Crippen MR) is 135 cm³/mol. The molecule has 0 fully saturated rings. The highest BCUT2D eigenvalue weighted by Gasteiger charge is 2.28. The maximum absolute atomic E-state index is 13.0. The topological polar surface area (TPSA) is 151 Å². The SMILES string of the molecule is CC(=O)Nc1c(I)c(NC(C)=O)c(I)c(C(=O)NC(CCCCN)C(=O)O)c1I. The number of nitrogens with one attached hydrogen (secondary N) is 3. The van der Waals surface area contributed by atoms with Crippen molar-refractivity contribution in [2.75, 3.05) is 17.2 Å². The van der Waals surface area contributed by atoms with Crippen molar-refractivity contribution in [2.45, 2.75) is 39.2 Å². The molecule has 6 N–H and O–H groups in total. The fraction of sp³-hybridized carbons (Fsp3) is 0.412. The Balaban J connectivity index is 3.43. The van der Waals surface area contributed by atoms with E-state index in [0.717, 1.165) is 0 Å². The van der Waals surface area contributed by atoms with E-state index in [0.29, 0.717) is 41.5 Å². The van der Waals surface area contributed by atoms with E-state index >= 15 is 0 Å². The van der Waals surface area contributed by atoms with Crippen LogP contribution < -0.4 is 21.7 Å². The van der Waals surface area contributed by atoms with E-state index in [9.17, 15) is 24.3 Å². The van der Waals surface area contributed by atoms with Gasteiger partial charge >= 0.3 is 5.97 Å². The summed E-state index contributed by atoms with van der Waals surface area (Å²) in [6.07, 6.45) is 1.45. The molecule has 0 aliphatic rings. The van der Waals surface area contributed by atoms with Crippen molar-refractivity contribution in [3.05, 3.63) is 16.3 Å². The quantitative estimate of drug-likeness (QED) is 0.194. The molecular formula is C17H21I3N4O5. The number of carbonyl (C=O) groups excluding carboxylic acids is 3. The first-order chi connectivity index (χ1) is 13.5. The van der Waals surface area contributed by atoms with Gasteiger partial charge in [-0.15, -0.1) is 0 Å². The van der Waals surface area contributed by atoms with Crippen molar-refractivity contribution in [1.82, 2.24) is 5.32 Å². The third-order valence-electron chi connectivity index (χ3n) is 3.70. The van der Waals surface area contributed by atoms with Gasteiger partial charge in [0.1, 0.15) is 6.04 Å². The molecule has 1 rings (SSSR count). The minimum atomic E-state index is -1.14. The largest absolute Gasteiger partial charge is 0.480 e. The summed E-state index contributed by atoms with van der Waals surface area (Å²) in [7, 11) is 0. The summed E-state index contributed by atoms with van der Waals surface area (Å²) in [6, 6.07) is -1.08. The number of carboxylic acid groups (broad SMARTS) is 1. The molecule has 0 aliphatic carbocycles. The van der Waals surface area contributed by atoms with Crippen LogP contribution in [-0.4, -0.2) is 41.4 Å². The lowest BCUT2D eigenvalue weighted by Crippen LogP contribution is -2.41. The lowest BCUT2D eigenvalue weighted by atomic mass is 10.1. The predicted octanol–water partition coefficient (Wildman–Crippen LogP) is 2.73. The van der Waals surface area contributed by atoms with Crippen molar-refractivity contribution < 1.29 is 24.3 Å². The molecule has 1 atom stereocenters. The van der Waals surface area contributed by atoms with Gasteiger partial charge in [0.2, 0.25) is 11.8 Å². The highest BCUT2D eigenvalue weighted by molar-refractivity contribution is 14.1. The van der Waals surface area contributed by atoms with E-state index in [4.69, 9.17) is 5.73 Å². The molecule has 0 aliphatic heterocycles. The number of rotatable bonds is 9. The third-order valence-corrected chi connectivity index (χ3v) is 6.93. The Morgan fingerprint density at radius 1 is 0.931 bits per heavy atom. The number of hydrogen-bond acceptors (Lipinski definition) is 5. The number of unbranched alkanes of at least 4 members (excludes halogenated alkanes) is 1. The van der Waals surface area contributed by atoms with Crippen molar-refractivity contribution in [3.8, 4) is 0 Å². The second kappa shape index (κ2) is 12.2. The third kappa shape index (κ3) is 7.46. The van der Waals surface area contributed by atoms with Crippen molar-refractivity contribution in [1.29, 1.82) is 0 Å². The number of amides is 3. The highest BCUT2D eigenvalue weighted by Crippen LogP contribution is 2.39. The van der Waals surface area contributed by atoms with Crippen LogP contribution >= 0.6 is 67.8 Å². The number of benzene rings is 1. The zero-order chi connectivity index (χ0) is 22.3. The lowest BCUT2D eigenvalue weighted by Gasteiger charge is -2.21. The molecule has 1 aromatic carbocycles. The van der Waals surface area contributed by atoms with Crippen LogP contribution in [0, 0.1) is 10.7 Å². The number of aliphatic carboxylic acids is 1. The molecule has 1 unspecified atom stereocenters. The Labute approximate surface area is 209 Å². The zero-order valence-electron chi connectivity index (χ0n) is 15.7. The number of nitrogens with two attached hydrogens (primary N) is 1. The fourth-order valence-electron chi connectivity index (χ4n) is 2.42. The molecule has 9 nitrogen and oxygen atoms in total. The molecular weight excluding hydrogens is 721 g/mol. The molecule has 0 aromatic heterocycles. The minimum absolute atomic E-state index is 0.184. The molecule has 0 saturated carbocycles. The van der Waals surface area contributed by atoms with Crippen LogP contribution in [0.1, 0.15) is 43.5 Å². The Morgan fingerprint density at radius 2 is 1.41 bits per heavy atom. The average Bonchev–Trinajstić information content (AvgIpc) is 2.61. The fourth-order valence-corrected chi connectivity index (χ4v) is 6.61. The van der Waals surface area contributed by atoms with Crippen LogP contribution in [0.5, 0.6) is 0 Å². The lowest BCUT2D eigenvalue weighted by molar-refractivity contribution is -0.139. The normalized spacial score (nSPS) is 11.5. The van der Waals surface area contributed by atoms with E-state index < -0.39 is 17.9 Å². The molecule has 160 valence electrons. The molecule has 29 heavy (non-hydrogen) atoms. The van der Waals surface area contributed by atoms with Gasteiger partial charge in [0.15, 0.2) is 0 Å². The summed E-state index contributed by atoms with van der Waals surface area (Å²) in [6.45, 7) is 3.10. The van der Waals surface area contributed by atoms with E-state index in [1.54, 1.807) is 0 Å². The van der Waals surface area contributed by atoms with Crippen LogP contribution in [0.25, 0.3) is 0 Å². The molecule has 0 heterocycles. The summed E-state index contributed by atoms with van der Waals surface area (Å²) in [4.78, 5) is 47.8. The molecule has 0 bridgehead atoms. The van der Waals surface area contributed by atoms with Gasteiger partial charge in [-0.3, -0.25) is 14.4 Å². The number of halogens is 3. The zero-order valence-corrected chi connectivity index (χ0v) is 22.2. The Morgan fingerprint density at radius 3 is 1.79 bits per heavy atom. The van der Waals surface area contributed by atoms with Crippen LogP contribution in [0.3, 0.4) is 0 Å². The van der Waals surface area contributed by atoms with Crippen LogP contribution in [0.4, 0.5) is 11.4 Å². The highest BCUT2D eigenvalue weighted by atomic mass is 127. The van der Waals surface area contributed by atoms with Crippen LogP contribution in [-0.2, 0) is 14.4 Å². The number of anilines is 2. The first-order valence-electron chi connectivity index (χ1n) is 8.50. The van der Waals surface area contributed by atoms with Crippen molar-refractivity contribution >= 4 is 103 Å². The second-order valence-electron chi connectivity index (χ2n) is 6.08. The summed E-state index contributed by atoms with van der Waals surface area (Å²) < 4.78 is 1.46. The molecule has 0 saturated heterocycles. The Hall–Kier alpha value is -0.750. The minimum Gasteiger partial charge on any atom is -0.480 e. The summed E-state index contributed by atoms with van der Waals surface area (Å²) >= 11 is 5.84. The van der Waals surface area contributed by atoms with Gasteiger partial charge in [-0.05, 0) is 93.6 Å². The monoisotopic (exact) mass is 742 g/mol. The van der Waals surface area contributed by atoms with Gasteiger partial charge in [-0.1, -0.05) is 0 Å². The first-order valence-corrected chi connectivity index (χ1v) is 11.7. The molecule has 3 amide bonds. The first kappa shape index (κ1) is 26.3. The maximum Gasteiger partial charge on any atom is 0.326 e. The number of hydrogen-bond donors (Lipinski definition) is 5. The number of carbonyl (C=O) groups is 4. The van der Waals surface area contributed by atoms with Gasteiger partial charge in [-0.2, -0.15) is 0 Å².